The van der Waals surface area contributed by atoms with E-state index >= 15 is 0 Å². The van der Waals surface area contributed by atoms with Gasteiger partial charge in [-0.25, -0.2) is 0 Å². The molecule has 228 valence electrons. The van der Waals surface area contributed by atoms with Gasteiger partial charge in [0, 0.05) is 0 Å². The summed E-state index contributed by atoms with van der Waals surface area (Å²) in [5, 5.41) is 0. The predicted molar refractivity (Wildman–Crippen MR) is 176 cm³/mol. The number of hydrogen-bond acceptors (Lipinski definition) is 0. The number of hydrogen-bond donors (Lipinski definition) is 0. The Hall–Kier alpha value is -1.56. The van der Waals surface area contributed by atoms with Crippen molar-refractivity contribution in [3.63, 3.8) is 0 Å². The van der Waals surface area contributed by atoms with Crippen LogP contribution in [0.4, 0.5) is 0 Å². The molecule has 0 radical (unpaired) electrons. The van der Waals surface area contributed by atoms with Crippen LogP contribution in [0, 0.1) is 142 Å². The van der Waals surface area contributed by atoms with Crippen LogP contribution in [-0.4, -0.2) is 0 Å². The fourth-order valence-electron chi connectivity index (χ4n) is 18.1. The predicted octanol–water partition coefficient (Wildman–Crippen LogP) is 9.41. The lowest BCUT2D eigenvalue weighted by Crippen LogP contribution is -2.38. The summed E-state index contributed by atoms with van der Waals surface area (Å²) in [6, 6.07) is 0. The smallest absolute Gasteiger partial charge is 0.0191 e. The molecule has 15 aliphatic carbocycles. The fourth-order valence-corrected chi connectivity index (χ4v) is 18.1. The Balaban J connectivity index is 0.0000000775. The van der Waals surface area contributed by atoms with Crippen LogP contribution in [0.25, 0.3) is 0 Å². The maximum atomic E-state index is 2.59. The molecule has 0 saturated heterocycles. The van der Waals surface area contributed by atoms with E-state index in [1.807, 2.05) is 0 Å². The van der Waals surface area contributed by atoms with Gasteiger partial charge in [-0.2, -0.15) is 0 Å². The zero-order valence-corrected chi connectivity index (χ0v) is 26.4. The van der Waals surface area contributed by atoms with Gasteiger partial charge in [0.1, 0.15) is 0 Å². The minimum Gasteiger partial charge on any atom is -0.0848 e. The first-order chi connectivity index (χ1) is 21.8. The van der Waals surface area contributed by atoms with Crippen molar-refractivity contribution in [3.8, 4) is 0 Å². The van der Waals surface area contributed by atoms with Crippen LogP contribution < -0.4 is 0 Å². The average Bonchev–Trinajstić information content (AvgIpc) is 3.92. The Kier molecular flexibility index (Phi) is 4.63. The van der Waals surface area contributed by atoms with Crippen molar-refractivity contribution in [1.82, 2.24) is 0 Å². The Labute approximate surface area is 265 Å². The second kappa shape index (κ2) is 8.29. The van der Waals surface area contributed by atoms with E-state index in [-0.39, 0.29) is 0 Å². The van der Waals surface area contributed by atoms with Crippen molar-refractivity contribution in [2.24, 2.45) is 142 Å². The van der Waals surface area contributed by atoms with Gasteiger partial charge in [-0.05, 0) is 193 Å². The van der Waals surface area contributed by atoms with Crippen molar-refractivity contribution in [1.29, 1.82) is 0 Å². The molecular weight excluding hydrogens is 528 g/mol. The summed E-state index contributed by atoms with van der Waals surface area (Å²) in [5.74, 6) is 25.2. The minimum absolute atomic E-state index is 0.972. The van der Waals surface area contributed by atoms with Gasteiger partial charge in [0.05, 0.1) is 0 Å². The molecule has 0 aliphatic heterocycles. The molecule has 14 bridgehead atoms. The highest BCUT2D eigenvalue weighted by Crippen LogP contribution is 2.74. The minimum atomic E-state index is 0.972. The topological polar surface area (TPSA) is 0 Å². The van der Waals surface area contributed by atoms with E-state index < -0.39 is 0 Å². The second-order valence-corrected chi connectivity index (χ2v) is 19.4. The van der Waals surface area contributed by atoms with Crippen LogP contribution in [0.1, 0.15) is 51.4 Å². The van der Waals surface area contributed by atoms with E-state index in [9.17, 15) is 0 Å². The summed E-state index contributed by atoms with van der Waals surface area (Å²) in [6.45, 7) is 0. The maximum Gasteiger partial charge on any atom is -0.0191 e. The van der Waals surface area contributed by atoms with Crippen LogP contribution in [0.2, 0.25) is 0 Å². The molecule has 20 atom stereocenters. The number of rotatable bonds is 0. The van der Waals surface area contributed by atoms with Gasteiger partial charge >= 0.3 is 0 Å². The Morgan fingerprint density at radius 3 is 0.705 bits per heavy atom. The lowest BCUT2D eigenvalue weighted by molar-refractivity contribution is 0.0811. The third-order valence-corrected chi connectivity index (χ3v) is 18.8. The third kappa shape index (κ3) is 2.85. The fraction of sp³-hybridized carbons (Fsp3) is 0.727. The van der Waals surface area contributed by atoms with Gasteiger partial charge in [0.15, 0.2) is 0 Å². The van der Waals surface area contributed by atoms with Crippen LogP contribution in [0.3, 0.4) is 0 Å². The summed E-state index contributed by atoms with van der Waals surface area (Å²) in [7, 11) is 0. The molecule has 0 amide bonds. The van der Waals surface area contributed by atoms with Crippen LogP contribution in [-0.2, 0) is 0 Å². The summed E-state index contributed by atoms with van der Waals surface area (Å²) in [6.07, 6.45) is 42.8. The van der Waals surface area contributed by atoms with Crippen molar-refractivity contribution in [3.05, 3.63) is 72.9 Å². The quantitative estimate of drug-likeness (QED) is 0.198. The van der Waals surface area contributed by atoms with E-state index in [2.05, 4.69) is 72.9 Å². The molecule has 0 N–H and O–H groups in total. The molecule has 9 saturated carbocycles. The van der Waals surface area contributed by atoms with Crippen LogP contribution >= 0.6 is 0 Å². The Bertz CT molecular complexity index is 1300. The first-order valence-corrected chi connectivity index (χ1v) is 19.9. The molecule has 15 aliphatic rings. The summed E-state index contributed by atoms with van der Waals surface area (Å²) in [5.41, 5.74) is 0. The van der Waals surface area contributed by atoms with Crippen molar-refractivity contribution >= 4 is 0 Å². The molecule has 0 aromatic heterocycles. The molecule has 0 spiro atoms. The van der Waals surface area contributed by atoms with Crippen molar-refractivity contribution in [2.75, 3.05) is 0 Å². The molecule has 20 unspecified atom stereocenters. The van der Waals surface area contributed by atoms with E-state index in [1.165, 1.54) is 38.5 Å². The first kappa shape index (κ1) is 24.6. The molecule has 0 aromatic rings. The zero-order valence-electron chi connectivity index (χ0n) is 26.4. The van der Waals surface area contributed by atoms with E-state index in [1.54, 1.807) is 12.8 Å². The van der Waals surface area contributed by atoms with E-state index in [0.717, 1.165) is 142 Å². The molecule has 44 heavy (non-hydrogen) atoms. The third-order valence-electron chi connectivity index (χ3n) is 18.8. The highest BCUT2D eigenvalue weighted by atomic mass is 14.7. The zero-order chi connectivity index (χ0) is 28.0. The molecule has 0 heterocycles. The van der Waals surface area contributed by atoms with Crippen LogP contribution in [0.5, 0.6) is 0 Å². The van der Waals surface area contributed by atoms with E-state index in [0.29, 0.717) is 0 Å². The Morgan fingerprint density at radius 2 is 0.386 bits per heavy atom. The van der Waals surface area contributed by atoms with Gasteiger partial charge in [0.25, 0.3) is 0 Å². The molecule has 9 fully saturated rings. The number of fused-ring (bicyclic) bond motifs is 36. The summed E-state index contributed by atoms with van der Waals surface area (Å²) >= 11 is 0. The molecular formula is C44H52. The first-order valence-electron chi connectivity index (χ1n) is 19.9. The lowest BCUT2D eigenvalue weighted by Gasteiger charge is -2.42. The normalized spacial score (nSPS) is 67.6. The lowest BCUT2D eigenvalue weighted by atomic mass is 9.62. The molecule has 0 aromatic carbocycles. The molecule has 15 rings (SSSR count). The Morgan fingerprint density at radius 1 is 0.182 bits per heavy atom. The maximum absolute atomic E-state index is 2.59. The monoisotopic (exact) mass is 580 g/mol. The van der Waals surface area contributed by atoms with Gasteiger partial charge in [-0.3, -0.25) is 0 Å². The van der Waals surface area contributed by atoms with E-state index in [4.69, 9.17) is 0 Å². The van der Waals surface area contributed by atoms with Gasteiger partial charge in [-0.15, -0.1) is 0 Å². The number of allylic oxidation sites excluding steroid dienone is 12. The summed E-state index contributed by atoms with van der Waals surface area (Å²) in [4.78, 5) is 0. The van der Waals surface area contributed by atoms with Gasteiger partial charge in [-0.1, -0.05) is 72.9 Å². The van der Waals surface area contributed by atoms with Crippen molar-refractivity contribution in [2.45, 2.75) is 51.4 Å². The highest BCUT2D eigenvalue weighted by molar-refractivity contribution is 5.29. The second-order valence-electron chi connectivity index (χ2n) is 19.4. The molecule has 0 heteroatoms. The SMILES string of the molecule is C1=CC2CC1C1C3C=CC(C3)C21.C1=CC2CC1C1C3CC(C21)C1C2C=CC(C2)C31.C1=CC2CC1C1CC3C4C=CC(C4)C3C21. The molecule has 0 nitrogen and oxygen atoms in total. The summed E-state index contributed by atoms with van der Waals surface area (Å²) < 4.78 is 0. The van der Waals surface area contributed by atoms with Crippen LogP contribution in [0.15, 0.2) is 72.9 Å². The van der Waals surface area contributed by atoms with Gasteiger partial charge in [0.2, 0.25) is 0 Å². The van der Waals surface area contributed by atoms with Gasteiger partial charge < -0.3 is 0 Å². The largest absolute Gasteiger partial charge is 0.0848 e. The standard InChI is InChI=1S/C17H20.C15H18.C12H14/c1-2-9-5-8(1)14-12-7-13(15(9)14)17-11-4-3-10(6-11)16(12)17;1-3-10-5-8(1)12-7-13-9-2-4-11(6-9)15(13)14(10)12;1-2-8-5-7(1)11-9-3-4-10(6-9)12(8)11/h1-4,8-17H,5-7H2;1-4,8-15H,5-7H2;1-4,7-12H,5-6H2. The highest BCUT2D eigenvalue weighted by Gasteiger charge is 2.69. The van der Waals surface area contributed by atoms with Crippen molar-refractivity contribution < 1.29 is 0 Å². The average molecular weight is 581 g/mol.